The van der Waals surface area contributed by atoms with Gasteiger partial charge in [0.25, 0.3) is 0 Å². The van der Waals surface area contributed by atoms with E-state index in [2.05, 4.69) is 4.72 Å². The summed E-state index contributed by atoms with van der Waals surface area (Å²) in [6, 6.07) is 15.7. The molecule has 2 N–H and O–H groups in total. The summed E-state index contributed by atoms with van der Waals surface area (Å²) in [4.78, 5) is 12.6. The highest BCUT2D eigenvalue weighted by molar-refractivity contribution is 7.91. The summed E-state index contributed by atoms with van der Waals surface area (Å²) in [7, 11) is -7.99. The van der Waals surface area contributed by atoms with Gasteiger partial charge in [-0.3, -0.25) is 0 Å². The molecule has 0 saturated carbocycles. The third-order valence-corrected chi connectivity index (χ3v) is 9.72. The second-order valence-electron chi connectivity index (χ2n) is 9.48. The molecule has 13 heteroatoms. The zero-order chi connectivity index (χ0) is 29.8. The van der Waals surface area contributed by atoms with Crippen molar-refractivity contribution >= 4 is 37.6 Å². The minimum Gasteiger partial charge on any atom is -0.478 e. The Hall–Kier alpha value is -3.68. The van der Waals surface area contributed by atoms with E-state index in [4.69, 9.17) is 5.11 Å². The summed E-state index contributed by atoms with van der Waals surface area (Å²) in [5, 5.41) is 9.03. The molecule has 0 unspecified atom stereocenters. The number of carboxylic acids is 1. The molecule has 0 spiro atoms. The van der Waals surface area contributed by atoms with Gasteiger partial charge in [-0.05, 0) is 73.0 Å². The molecule has 3 aromatic rings. The highest BCUT2D eigenvalue weighted by Gasteiger charge is 2.34. The van der Waals surface area contributed by atoms with Crippen molar-refractivity contribution in [2.24, 2.45) is 0 Å². The van der Waals surface area contributed by atoms with Crippen molar-refractivity contribution < 1.29 is 39.9 Å². The SMILES string of the molecule is O=C(O)c1ccc(N2CCC(NS(=O)(=O)CC=Cc3cc(S(=O)(=O)c4ccccc4)ccc3C(F)(F)F)CC2)cc1. The Kier molecular flexibility index (Phi) is 8.90. The van der Waals surface area contributed by atoms with Gasteiger partial charge in [-0.15, -0.1) is 0 Å². The van der Waals surface area contributed by atoms with E-state index in [-0.39, 0.29) is 21.4 Å². The lowest BCUT2D eigenvalue weighted by molar-refractivity contribution is -0.137. The fourth-order valence-corrected chi connectivity index (χ4v) is 7.02. The number of hydrogen-bond acceptors (Lipinski definition) is 6. The van der Waals surface area contributed by atoms with Crippen LogP contribution in [0.4, 0.5) is 18.9 Å². The third kappa shape index (κ3) is 7.54. The minimum absolute atomic E-state index is 0.0789. The molecule has 218 valence electrons. The van der Waals surface area contributed by atoms with Crippen LogP contribution in [-0.2, 0) is 26.0 Å². The zero-order valence-electron chi connectivity index (χ0n) is 21.6. The molecule has 1 aliphatic rings. The lowest BCUT2D eigenvalue weighted by atomic mass is 10.1. The number of rotatable bonds is 9. The molecule has 1 heterocycles. The number of sulfonamides is 1. The first-order valence-electron chi connectivity index (χ1n) is 12.5. The average Bonchev–Trinajstić information content (AvgIpc) is 2.93. The number of aromatic carboxylic acids is 1. The number of carbonyl (C=O) groups is 1. The van der Waals surface area contributed by atoms with Crippen LogP contribution < -0.4 is 9.62 Å². The van der Waals surface area contributed by atoms with Crippen LogP contribution in [0.15, 0.2) is 88.7 Å². The lowest BCUT2D eigenvalue weighted by Gasteiger charge is -2.33. The van der Waals surface area contributed by atoms with Crippen LogP contribution >= 0.6 is 0 Å². The van der Waals surface area contributed by atoms with E-state index in [0.717, 1.165) is 30.0 Å². The van der Waals surface area contributed by atoms with Gasteiger partial charge < -0.3 is 10.0 Å². The maximum absolute atomic E-state index is 13.6. The Morgan fingerprint density at radius 1 is 0.927 bits per heavy atom. The van der Waals surface area contributed by atoms with E-state index in [9.17, 15) is 34.8 Å². The molecule has 0 aliphatic carbocycles. The maximum Gasteiger partial charge on any atom is 0.416 e. The Bertz CT molecular complexity index is 1630. The molecule has 0 amide bonds. The molecule has 0 atom stereocenters. The number of hydrogen-bond donors (Lipinski definition) is 2. The van der Waals surface area contributed by atoms with Crippen LogP contribution in [0.1, 0.15) is 34.3 Å². The summed E-state index contributed by atoms with van der Waals surface area (Å²) < 4.78 is 94.7. The normalized spacial score (nSPS) is 15.3. The molecular weight excluding hydrogens is 581 g/mol. The van der Waals surface area contributed by atoms with Gasteiger partial charge in [-0.1, -0.05) is 30.4 Å². The standard InChI is InChI=1S/C28H27F3N2O6S2/c29-28(30,31)26-13-12-25(41(38,39)24-6-2-1-3-7-24)19-21(26)5-4-18-40(36,37)32-22-14-16-33(17-15-22)23-10-8-20(9-11-23)27(34)35/h1-13,19,22,32H,14-18H2,(H,34,35). The van der Waals surface area contributed by atoms with Crippen molar-refractivity contribution in [2.75, 3.05) is 23.7 Å². The minimum atomic E-state index is -4.78. The highest BCUT2D eigenvalue weighted by Crippen LogP contribution is 2.35. The van der Waals surface area contributed by atoms with E-state index >= 15 is 0 Å². The third-order valence-electron chi connectivity index (χ3n) is 6.63. The first-order chi connectivity index (χ1) is 19.3. The largest absolute Gasteiger partial charge is 0.478 e. The summed E-state index contributed by atoms with van der Waals surface area (Å²) in [6.45, 7) is 1.04. The summed E-state index contributed by atoms with van der Waals surface area (Å²) >= 11 is 0. The second-order valence-corrected chi connectivity index (χ2v) is 13.2. The number of benzene rings is 3. The first kappa shape index (κ1) is 30.3. The number of anilines is 1. The van der Waals surface area contributed by atoms with Crippen LogP contribution in [-0.4, -0.2) is 52.8 Å². The van der Waals surface area contributed by atoms with E-state index in [1.807, 2.05) is 4.90 Å². The van der Waals surface area contributed by atoms with Crippen LogP contribution in [0.5, 0.6) is 0 Å². The molecule has 41 heavy (non-hydrogen) atoms. The van der Waals surface area contributed by atoms with Gasteiger partial charge in [-0.25, -0.2) is 26.4 Å². The molecule has 1 fully saturated rings. The van der Waals surface area contributed by atoms with Gasteiger partial charge in [0.2, 0.25) is 19.9 Å². The molecule has 0 radical (unpaired) electrons. The van der Waals surface area contributed by atoms with Crippen LogP contribution in [0.2, 0.25) is 0 Å². The number of carboxylic acid groups (broad SMARTS) is 1. The second kappa shape index (κ2) is 12.0. The molecular formula is C28H27F3N2O6S2. The Labute approximate surface area is 236 Å². The Morgan fingerprint density at radius 2 is 1.56 bits per heavy atom. The molecule has 8 nitrogen and oxygen atoms in total. The van der Waals surface area contributed by atoms with Gasteiger partial charge in [0.1, 0.15) is 0 Å². The van der Waals surface area contributed by atoms with Gasteiger partial charge >= 0.3 is 12.1 Å². The van der Waals surface area contributed by atoms with E-state index in [0.29, 0.717) is 32.0 Å². The molecule has 0 aromatic heterocycles. The molecule has 4 rings (SSSR count). The predicted molar refractivity (Wildman–Crippen MR) is 148 cm³/mol. The van der Waals surface area contributed by atoms with Crippen molar-refractivity contribution in [3.63, 3.8) is 0 Å². The van der Waals surface area contributed by atoms with Crippen LogP contribution in [0.25, 0.3) is 6.08 Å². The van der Waals surface area contributed by atoms with Gasteiger partial charge in [0.15, 0.2) is 0 Å². The smallest absolute Gasteiger partial charge is 0.416 e. The van der Waals surface area contributed by atoms with Crippen molar-refractivity contribution in [1.29, 1.82) is 0 Å². The monoisotopic (exact) mass is 608 g/mol. The summed E-state index contributed by atoms with van der Waals surface area (Å²) in [5.74, 6) is -1.63. The Morgan fingerprint density at radius 3 is 2.15 bits per heavy atom. The van der Waals surface area contributed by atoms with Crippen LogP contribution in [0, 0.1) is 0 Å². The quantitative estimate of drug-likeness (QED) is 0.357. The van der Waals surface area contributed by atoms with Crippen molar-refractivity contribution in [1.82, 2.24) is 4.72 Å². The predicted octanol–water partition coefficient (Wildman–Crippen LogP) is 4.84. The number of nitrogens with zero attached hydrogens (tertiary/aromatic N) is 1. The summed E-state index contributed by atoms with van der Waals surface area (Å²) in [5.41, 5.74) is -0.575. The Balaban J connectivity index is 1.43. The number of halogens is 3. The molecule has 1 aliphatic heterocycles. The first-order valence-corrected chi connectivity index (χ1v) is 15.7. The molecule has 3 aromatic carbocycles. The maximum atomic E-state index is 13.6. The number of nitrogens with one attached hydrogen (secondary N) is 1. The van der Waals surface area contributed by atoms with Gasteiger partial charge in [-0.2, -0.15) is 13.2 Å². The molecule has 1 saturated heterocycles. The lowest BCUT2D eigenvalue weighted by Crippen LogP contribution is -2.45. The number of alkyl halides is 3. The van der Waals surface area contributed by atoms with E-state index in [1.165, 1.54) is 36.4 Å². The average molecular weight is 609 g/mol. The fraction of sp³-hybridized carbons (Fsp3) is 0.250. The van der Waals surface area contributed by atoms with Crippen molar-refractivity contribution in [3.8, 4) is 0 Å². The van der Waals surface area contributed by atoms with Crippen molar-refractivity contribution in [2.45, 2.75) is 34.9 Å². The number of sulfone groups is 1. The zero-order valence-corrected chi connectivity index (χ0v) is 23.2. The fourth-order valence-electron chi connectivity index (χ4n) is 4.51. The highest BCUT2D eigenvalue weighted by atomic mass is 32.2. The van der Waals surface area contributed by atoms with Crippen LogP contribution in [0.3, 0.4) is 0 Å². The van der Waals surface area contributed by atoms with Gasteiger partial charge in [0, 0.05) is 24.8 Å². The van der Waals surface area contributed by atoms with E-state index in [1.54, 1.807) is 18.2 Å². The topological polar surface area (TPSA) is 121 Å². The summed E-state index contributed by atoms with van der Waals surface area (Å²) in [6.07, 6.45) is -1.81. The van der Waals surface area contributed by atoms with E-state index < -0.39 is 48.9 Å². The number of piperidine rings is 1. The molecule has 0 bridgehead atoms. The van der Waals surface area contributed by atoms with Gasteiger partial charge in [0.05, 0.1) is 26.7 Å². The van der Waals surface area contributed by atoms with Crippen molar-refractivity contribution in [3.05, 3.63) is 95.6 Å².